The molecule has 1 rings (SSSR count). The number of carbonyl (C=O) groups excluding carboxylic acids is 1. The molecule has 0 aromatic heterocycles. The molecule has 0 aliphatic carbocycles. The number of halogens is 1. The van der Waals surface area contributed by atoms with Gasteiger partial charge in [-0.2, -0.15) is 0 Å². The Hall–Kier alpha value is -0.730. The van der Waals surface area contributed by atoms with Gasteiger partial charge in [-0.05, 0) is 26.7 Å². The summed E-state index contributed by atoms with van der Waals surface area (Å²) < 4.78 is 5.36. The standard InChI is InChI=1S/C14H28N4O2.HI/c1-11(2)10-16-12(15)17-6-8-18(9-7-17)13(19)20-14(3,4)5;/h11H,6-10H2,1-5H3,(H2,15,16);1H. The molecule has 1 aliphatic rings. The number of hydrogen-bond acceptors (Lipinski definition) is 3. The normalized spacial score (nSPS) is 16.8. The molecule has 1 heterocycles. The lowest BCUT2D eigenvalue weighted by Gasteiger charge is -2.36. The molecule has 1 saturated heterocycles. The molecule has 1 aliphatic heterocycles. The van der Waals surface area contributed by atoms with Crippen LogP contribution in [0.15, 0.2) is 4.99 Å². The first kappa shape index (κ1) is 20.3. The SMILES string of the molecule is CC(C)CN=C(N)N1CCN(C(=O)OC(C)(C)C)CC1.I. The molecule has 0 aromatic rings. The van der Waals surface area contributed by atoms with E-state index in [1.165, 1.54) is 0 Å². The molecule has 124 valence electrons. The average Bonchev–Trinajstić information content (AvgIpc) is 2.34. The van der Waals surface area contributed by atoms with Crippen molar-refractivity contribution in [2.75, 3.05) is 32.7 Å². The Morgan fingerprint density at radius 1 is 1.19 bits per heavy atom. The van der Waals surface area contributed by atoms with Crippen LogP contribution in [0.5, 0.6) is 0 Å². The van der Waals surface area contributed by atoms with Crippen molar-refractivity contribution >= 4 is 36.0 Å². The number of guanidine groups is 1. The van der Waals surface area contributed by atoms with E-state index >= 15 is 0 Å². The molecular weight excluding hydrogens is 383 g/mol. The van der Waals surface area contributed by atoms with Crippen molar-refractivity contribution < 1.29 is 9.53 Å². The molecule has 0 aromatic carbocycles. The molecule has 0 bridgehead atoms. The Labute approximate surface area is 145 Å². The third kappa shape index (κ3) is 7.73. The molecule has 21 heavy (non-hydrogen) atoms. The number of nitrogens with zero attached hydrogens (tertiary/aromatic N) is 3. The van der Waals surface area contributed by atoms with Crippen LogP contribution in [0.25, 0.3) is 0 Å². The van der Waals surface area contributed by atoms with Crippen molar-refractivity contribution in [3.63, 3.8) is 0 Å². The summed E-state index contributed by atoms with van der Waals surface area (Å²) in [5.74, 6) is 1.07. The monoisotopic (exact) mass is 412 g/mol. The van der Waals surface area contributed by atoms with E-state index < -0.39 is 5.60 Å². The maximum Gasteiger partial charge on any atom is 0.410 e. The molecule has 7 heteroatoms. The minimum absolute atomic E-state index is 0. The molecule has 1 fully saturated rings. The van der Waals surface area contributed by atoms with E-state index in [0.29, 0.717) is 38.1 Å². The van der Waals surface area contributed by atoms with Gasteiger partial charge in [0.2, 0.25) is 0 Å². The number of piperazine rings is 1. The zero-order chi connectivity index (χ0) is 15.3. The summed E-state index contributed by atoms with van der Waals surface area (Å²) in [5, 5.41) is 0. The Balaban J connectivity index is 0.00000400. The highest BCUT2D eigenvalue weighted by molar-refractivity contribution is 14.0. The first-order valence-corrected chi connectivity index (χ1v) is 7.22. The fourth-order valence-corrected chi connectivity index (χ4v) is 1.82. The van der Waals surface area contributed by atoms with Gasteiger partial charge in [-0.15, -0.1) is 24.0 Å². The first-order chi connectivity index (χ1) is 9.19. The molecule has 0 unspecified atom stereocenters. The zero-order valence-corrected chi connectivity index (χ0v) is 16.1. The summed E-state index contributed by atoms with van der Waals surface area (Å²) in [6, 6.07) is 0. The number of amides is 1. The molecule has 1 amide bonds. The van der Waals surface area contributed by atoms with Crippen molar-refractivity contribution in [2.24, 2.45) is 16.6 Å². The van der Waals surface area contributed by atoms with Gasteiger partial charge >= 0.3 is 6.09 Å². The first-order valence-electron chi connectivity index (χ1n) is 7.22. The number of ether oxygens (including phenoxy) is 1. The highest BCUT2D eigenvalue weighted by atomic mass is 127. The van der Waals surface area contributed by atoms with Crippen LogP contribution in [-0.4, -0.2) is 60.2 Å². The quantitative estimate of drug-likeness (QED) is 0.429. The number of hydrogen-bond donors (Lipinski definition) is 1. The summed E-state index contributed by atoms with van der Waals surface area (Å²) in [5.41, 5.74) is 5.51. The van der Waals surface area contributed by atoms with E-state index in [9.17, 15) is 4.79 Å². The van der Waals surface area contributed by atoms with Gasteiger partial charge in [0, 0.05) is 32.7 Å². The van der Waals surface area contributed by atoms with Crippen molar-refractivity contribution in [2.45, 2.75) is 40.2 Å². The second kappa shape index (κ2) is 8.65. The van der Waals surface area contributed by atoms with Crippen LogP contribution >= 0.6 is 24.0 Å². The Morgan fingerprint density at radius 2 is 1.67 bits per heavy atom. The molecule has 0 spiro atoms. The highest BCUT2D eigenvalue weighted by Crippen LogP contribution is 2.11. The fraction of sp³-hybridized carbons (Fsp3) is 0.857. The topological polar surface area (TPSA) is 71.2 Å². The summed E-state index contributed by atoms with van der Waals surface area (Å²) in [7, 11) is 0. The van der Waals surface area contributed by atoms with Gasteiger partial charge in [0.05, 0.1) is 0 Å². The average molecular weight is 412 g/mol. The smallest absolute Gasteiger partial charge is 0.410 e. The van der Waals surface area contributed by atoms with Crippen molar-refractivity contribution in [3.8, 4) is 0 Å². The Bertz CT molecular complexity index is 358. The van der Waals surface area contributed by atoms with Crippen LogP contribution in [0.4, 0.5) is 4.79 Å². The lowest BCUT2D eigenvalue weighted by molar-refractivity contribution is 0.0186. The third-order valence-electron chi connectivity index (χ3n) is 2.87. The van der Waals surface area contributed by atoms with E-state index in [2.05, 4.69) is 18.8 Å². The van der Waals surface area contributed by atoms with Crippen molar-refractivity contribution in [1.29, 1.82) is 0 Å². The van der Waals surface area contributed by atoms with Crippen LogP contribution in [-0.2, 0) is 4.74 Å². The summed E-state index contributed by atoms with van der Waals surface area (Å²) in [6.07, 6.45) is -0.255. The van der Waals surface area contributed by atoms with Gasteiger partial charge in [0.15, 0.2) is 5.96 Å². The second-order valence-corrected chi connectivity index (χ2v) is 6.55. The minimum Gasteiger partial charge on any atom is -0.444 e. The van der Waals surface area contributed by atoms with E-state index in [4.69, 9.17) is 10.5 Å². The summed E-state index contributed by atoms with van der Waals surface area (Å²) in [4.78, 5) is 20.0. The fourth-order valence-electron chi connectivity index (χ4n) is 1.82. The molecule has 0 saturated carbocycles. The lowest BCUT2D eigenvalue weighted by Crippen LogP contribution is -2.53. The number of aliphatic imine (C=N–C) groups is 1. The molecular formula is C14H29IN4O2. The molecule has 0 atom stereocenters. The van der Waals surface area contributed by atoms with Gasteiger partial charge in [0.1, 0.15) is 5.60 Å². The predicted molar refractivity (Wildman–Crippen MR) is 96.1 cm³/mol. The highest BCUT2D eigenvalue weighted by Gasteiger charge is 2.26. The summed E-state index contributed by atoms with van der Waals surface area (Å²) >= 11 is 0. The maximum atomic E-state index is 11.9. The van der Waals surface area contributed by atoms with E-state index in [0.717, 1.165) is 6.54 Å². The molecule has 2 N–H and O–H groups in total. The van der Waals surface area contributed by atoms with Crippen LogP contribution in [0.2, 0.25) is 0 Å². The van der Waals surface area contributed by atoms with Gasteiger partial charge < -0.3 is 20.3 Å². The van der Waals surface area contributed by atoms with Gasteiger partial charge in [-0.3, -0.25) is 4.99 Å². The lowest BCUT2D eigenvalue weighted by atomic mass is 10.2. The van der Waals surface area contributed by atoms with Gasteiger partial charge in [0.25, 0.3) is 0 Å². The van der Waals surface area contributed by atoms with Gasteiger partial charge in [-0.25, -0.2) is 4.79 Å². The van der Waals surface area contributed by atoms with Crippen LogP contribution in [0.1, 0.15) is 34.6 Å². The number of carbonyl (C=O) groups is 1. The van der Waals surface area contributed by atoms with Crippen molar-refractivity contribution in [1.82, 2.24) is 9.80 Å². The third-order valence-corrected chi connectivity index (χ3v) is 2.87. The van der Waals surface area contributed by atoms with E-state index in [1.54, 1.807) is 4.90 Å². The Morgan fingerprint density at radius 3 is 2.10 bits per heavy atom. The number of rotatable bonds is 2. The zero-order valence-electron chi connectivity index (χ0n) is 13.8. The predicted octanol–water partition coefficient (Wildman–Crippen LogP) is 2.13. The largest absolute Gasteiger partial charge is 0.444 e. The van der Waals surface area contributed by atoms with Crippen LogP contribution in [0.3, 0.4) is 0 Å². The Kier molecular flexibility index (Phi) is 8.35. The molecule has 0 radical (unpaired) electrons. The van der Waals surface area contributed by atoms with Crippen LogP contribution in [0, 0.1) is 5.92 Å². The maximum absolute atomic E-state index is 11.9. The van der Waals surface area contributed by atoms with E-state index in [1.807, 2.05) is 25.7 Å². The summed E-state index contributed by atoms with van der Waals surface area (Å²) in [6.45, 7) is 13.2. The molecule has 6 nitrogen and oxygen atoms in total. The van der Waals surface area contributed by atoms with Crippen molar-refractivity contribution in [3.05, 3.63) is 0 Å². The van der Waals surface area contributed by atoms with Gasteiger partial charge in [-0.1, -0.05) is 13.8 Å². The second-order valence-electron chi connectivity index (χ2n) is 6.55. The minimum atomic E-state index is -0.452. The van der Waals surface area contributed by atoms with Crippen LogP contribution < -0.4 is 5.73 Å². The van der Waals surface area contributed by atoms with E-state index in [-0.39, 0.29) is 30.1 Å². The number of nitrogens with two attached hydrogens (primary N) is 1.